The largest absolute Gasteiger partial charge is 0.494 e. The van der Waals surface area contributed by atoms with Crippen molar-refractivity contribution in [2.75, 3.05) is 13.2 Å². The molecule has 0 bridgehead atoms. The average Bonchev–Trinajstić information content (AvgIpc) is 2.65. The highest BCUT2D eigenvalue weighted by molar-refractivity contribution is 7.89. The second-order valence-electron chi connectivity index (χ2n) is 6.04. The fourth-order valence-corrected chi connectivity index (χ4v) is 3.19. The van der Waals surface area contributed by atoms with E-state index < -0.39 is 15.9 Å². The molecule has 0 heterocycles. The molecule has 27 heavy (non-hydrogen) atoms. The summed E-state index contributed by atoms with van der Waals surface area (Å²) in [5, 5.41) is 0. The summed E-state index contributed by atoms with van der Waals surface area (Å²) >= 11 is 0. The zero-order valence-electron chi connectivity index (χ0n) is 15.6. The van der Waals surface area contributed by atoms with Gasteiger partial charge in [-0.3, -0.25) is 10.2 Å². The van der Waals surface area contributed by atoms with Gasteiger partial charge in [-0.2, -0.15) is 0 Å². The fourth-order valence-electron chi connectivity index (χ4n) is 2.33. The first-order valence-electron chi connectivity index (χ1n) is 8.58. The second kappa shape index (κ2) is 9.38. The number of hydrazine groups is 1. The molecule has 0 fully saturated rings. The van der Waals surface area contributed by atoms with Crippen LogP contribution in [-0.4, -0.2) is 27.5 Å². The Balaban J connectivity index is 1.91. The number of ether oxygens (including phenoxy) is 2. The van der Waals surface area contributed by atoms with Crippen LogP contribution in [0, 0.1) is 0 Å². The summed E-state index contributed by atoms with van der Waals surface area (Å²) in [6.45, 7) is 6.06. The lowest BCUT2D eigenvalue weighted by Crippen LogP contribution is -2.43. The van der Waals surface area contributed by atoms with Crippen LogP contribution < -0.4 is 19.7 Å². The lowest BCUT2D eigenvalue weighted by atomic mass is 10.0. The Labute approximate surface area is 159 Å². The first kappa shape index (κ1) is 20.7. The lowest BCUT2D eigenvalue weighted by molar-refractivity contribution is -0.123. The summed E-state index contributed by atoms with van der Waals surface area (Å²) in [5.41, 5.74) is 3.12. The van der Waals surface area contributed by atoms with E-state index in [1.54, 1.807) is 18.2 Å². The van der Waals surface area contributed by atoms with Crippen LogP contribution in [0.1, 0.15) is 32.3 Å². The minimum atomic E-state index is -3.88. The molecule has 8 heteroatoms. The summed E-state index contributed by atoms with van der Waals surface area (Å²) < 4.78 is 35.2. The quantitative estimate of drug-likeness (QED) is 0.640. The van der Waals surface area contributed by atoms with Crippen molar-refractivity contribution in [2.45, 2.75) is 31.6 Å². The molecular formula is C19H24N2O5S. The van der Waals surface area contributed by atoms with Crippen molar-refractivity contribution < 1.29 is 22.7 Å². The number of rotatable bonds is 9. The summed E-state index contributed by atoms with van der Waals surface area (Å²) in [7, 11) is -3.88. The monoisotopic (exact) mass is 392 g/mol. The Morgan fingerprint density at radius 3 is 2.33 bits per heavy atom. The Bertz CT molecular complexity index is 864. The van der Waals surface area contributed by atoms with E-state index in [0.29, 0.717) is 18.1 Å². The van der Waals surface area contributed by atoms with Crippen molar-refractivity contribution in [3.05, 3.63) is 54.1 Å². The normalized spacial score (nSPS) is 11.3. The molecule has 0 aliphatic rings. The molecule has 1 amide bonds. The number of hydrogen-bond acceptors (Lipinski definition) is 5. The molecule has 7 nitrogen and oxygen atoms in total. The van der Waals surface area contributed by atoms with Gasteiger partial charge < -0.3 is 9.47 Å². The lowest BCUT2D eigenvalue weighted by Gasteiger charge is -2.14. The molecule has 2 aromatic carbocycles. The third-order valence-corrected chi connectivity index (χ3v) is 4.93. The summed E-state index contributed by atoms with van der Waals surface area (Å²) in [5.74, 6) is 0.792. The van der Waals surface area contributed by atoms with Crippen molar-refractivity contribution >= 4 is 15.9 Å². The number of nitrogens with one attached hydrogen (secondary N) is 2. The Hall–Kier alpha value is -2.58. The Morgan fingerprint density at radius 1 is 1.04 bits per heavy atom. The molecule has 2 rings (SSSR count). The molecule has 2 N–H and O–H groups in total. The van der Waals surface area contributed by atoms with Crippen LogP contribution in [0.2, 0.25) is 0 Å². The van der Waals surface area contributed by atoms with Gasteiger partial charge in [0.25, 0.3) is 15.9 Å². The zero-order chi connectivity index (χ0) is 19.9. The number of benzene rings is 2. The van der Waals surface area contributed by atoms with E-state index in [2.05, 4.69) is 10.3 Å². The van der Waals surface area contributed by atoms with Crippen LogP contribution in [0.25, 0.3) is 0 Å². The highest BCUT2D eigenvalue weighted by atomic mass is 32.2. The smallest absolute Gasteiger partial charge is 0.272 e. The molecule has 0 spiro atoms. The van der Waals surface area contributed by atoms with E-state index in [9.17, 15) is 13.2 Å². The van der Waals surface area contributed by atoms with Gasteiger partial charge >= 0.3 is 0 Å². The number of para-hydroxylation sites is 1. The van der Waals surface area contributed by atoms with Crippen LogP contribution in [0.3, 0.4) is 0 Å². The van der Waals surface area contributed by atoms with Crippen molar-refractivity contribution in [3.63, 3.8) is 0 Å². The maximum absolute atomic E-state index is 12.2. The average molecular weight is 392 g/mol. The van der Waals surface area contributed by atoms with Crippen LogP contribution in [0.15, 0.2) is 53.4 Å². The highest BCUT2D eigenvalue weighted by Gasteiger charge is 2.16. The molecule has 0 aromatic heterocycles. The number of hydrogen-bond donors (Lipinski definition) is 2. The van der Waals surface area contributed by atoms with Crippen LogP contribution in [0.5, 0.6) is 11.5 Å². The van der Waals surface area contributed by atoms with E-state index in [4.69, 9.17) is 9.47 Å². The molecule has 0 atom stereocenters. The van der Waals surface area contributed by atoms with Crippen LogP contribution in [-0.2, 0) is 14.8 Å². The van der Waals surface area contributed by atoms with E-state index >= 15 is 0 Å². The maximum Gasteiger partial charge on any atom is 0.272 e. The van der Waals surface area contributed by atoms with Crippen molar-refractivity contribution in [2.24, 2.45) is 0 Å². The maximum atomic E-state index is 12.2. The van der Waals surface area contributed by atoms with Gasteiger partial charge in [-0.25, -0.2) is 8.42 Å². The third kappa shape index (κ3) is 5.97. The number of carbonyl (C=O) groups is 1. The predicted octanol–water partition coefficient (Wildman–Crippen LogP) is 2.60. The highest BCUT2D eigenvalue weighted by Crippen LogP contribution is 2.25. The van der Waals surface area contributed by atoms with Gasteiger partial charge in [-0.1, -0.05) is 32.0 Å². The Morgan fingerprint density at radius 2 is 1.70 bits per heavy atom. The van der Waals surface area contributed by atoms with Gasteiger partial charge in [0.05, 0.1) is 11.5 Å². The molecule has 0 saturated carbocycles. The molecule has 0 radical (unpaired) electrons. The minimum absolute atomic E-state index is 0.0114. The summed E-state index contributed by atoms with van der Waals surface area (Å²) in [4.78, 5) is 14.0. The van der Waals surface area contributed by atoms with E-state index in [0.717, 1.165) is 5.56 Å². The van der Waals surface area contributed by atoms with Gasteiger partial charge in [0.2, 0.25) is 0 Å². The van der Waals surface area contributed by atoms with Gasteiger partial charge in [0.1, 0.15) is 11.5 Å². The van der Waals surface area contributed by atoms with Crippen LogP contribution in [0.4, 0.5) is 0 Å². The molecule has 146 valence electrons. The standard InChI is InChI=1S/C19H24N2O5S/c1-4-25-15-9-11-16(12-10-15)27(23,24)21-20-19(22)13-26-18-8-6-5-7-17(18)14(2)3/h5-12,14,21H,4,13H2,1-3H3,(H,20,22). The molecular weight excluding hydrogens is 368 g/mol. The van der Waals surface area contributed by atoms with Gasteiger partial charge in [0.15, 0.2) is 6.61 Å². The fraction of sp³-hybridized carbons (Fsp3) is 0.316. The van der Waals surface area contributed by atoms with Gasteiger partial charge in [-0.05, 0) is 48.7 Å². The zero-order valence-corrected chi connectivity index (χ0v) is 16.4. The minimum Gasteiger partial charge on any atom is -0.494 e. The van der Waals surface area contributed by atoms with Crippen LogP contribution >= 0.6 is 0 Å². The molecule has 0 unspecified atom stereocenters. The van der Waals surface area contributed by atoms with Crippen molar-refractivity contribution in [1.29, 1.82) is 0 Å². The van der Waals surface area contributed by atoms with E-state index in [-0.39, 0.29) is 17.4 Å². The summed E-state index contributed by atoms with van der Waals surface area (Å²) in [6.07, 6.45) is 0. The predicted molar refractivity (Wildman–Crippen MR) is 102 cm³/mol. The SMILES string of the molecule is CCOc1ccc(S(=O)(=O)NNC(=O)COc2ccccc2C(C)C)cc1. The molecule has 2 aromatic rings. The summed E-state index contributed by atoms with van der Waals surface area (Å²) in [6, 6.07) is 13.3. The number of sulfonamides is 1. The molecule has 0 aliphatic carbocycles. The molecule has 0 saturated heterocycles. The topological polar surface area (TPSA) is 93.7 Å². The van der Waals surface area contributed by atoms with Gasteiger partial charge in [-0.15, -0.1) is 4.83 Å². The van der Waals surface area contributed by atoms with Crippen molar-refractivity contribution in [1.82, 2.24) is 10.3 Å². The first-order valence-corrected chi connectivity index (χ1v) is 10.1. The Kier molecular flexibility index (Phi) is 7.20. The molecule has 0 aliphatic heterocycles. The van der Waals surface area contributed by atoms with E-state index in [1.165, 1.54) is 12.1 Å². The number of carbonyl (C=O) groups excluding carboxylic acids is 1. The third-order valence-electron chi connectivity index (χ3n) is 3.67. The van der Waals surface area contributed by atoms with Crippen molar-refractivity contribution in [3.8, 4) is 11.5 Å². The number of amides is 1. The van der Waals surface area contributed by atoms with E-state index in [1.807, 2.05) is 39.0 Å². The van der Waals surface area contributed by atoms with Gasteiger partial charge in [0, 0.05) is 0 Å². The second-order valence-corrected chi connectivity index (χ2v) is 7.72. The first-order chi connectivity index (χ1) is 12.8.